The highest BCUT2D eigenvalue weighted by Gasteiger charge is 2.21. The molecule has 24 heavy (non-hydrogen) atoms. The summed E-state index contributed by atoms with van der Waals surface area (Å²) in [4.78, 5) is 19.0. The zero-order valence-corrected chi connectivity index (χ0v) is 13.9. The normalized spacial score (nSPS) is 14.3. The number of rotatable bonds is 5. The molecule has 0 aliphatic carbocycles. The SMILES string of the molecule is O=C1CCCN1c1ccc(NCc2ncc(-c3cccs3)o2)cc1. The number of oxazole rings is 1. The average molecular weight is 339 g/mol. The number of hydrogen-bond acceptors (Lipinski definition) is 5. The molecule has 3 aromatic rings. The molecule has 1 amide bonds. The summed E-state index contributed by atoms with van der Waals surface area (Å²) in [6.07, 6.45) is 3.34. The van der Waals surface area contributed by atoms with Gasteiger partial charge in [0, 0.05) is 24.3 Å². The molecule has 0 spiro atoms. The lowest BCUT2D eigenvalue weighted by atomic mass is 10.2. The van der Waals surface area contributed by atoms with E-state index in [1.54, 1.807) is 17.5 Å². The Balaban J connectivity index is 1.38. The summed E-state index contributed by atoms with van der Waals surface area (Å²) in [6.45, 7) is 1.33. The van der Waals surface area contributed by atoms with Crippen LogP contribution in [0, 0.1) is 0 Å². The van der Waals surface area contributed by atoms with Crippen molar-refractivity contribution in [3.05, 3.63) is 53.9 Å². The predicted octanol–water partition coefficient (Wildman–Crippen LogP) is 4.14. The molecule has 1 N–H and O–H groups in total. The van der Waals surface area contributed by atoms with Crippen LogP contribution in [0.4, 0.5) is 11.4 Å². The number of thiophene rings is 1. The molecule has 0 atom stereocenters. The first-order chi connectivity index (χ1) is 11.8. The Labute approximate surface area is 143 Å². The van der Waals surface area contributed by atoms with Crippen molar-refractivity contribution in [3.63, 3.8) is 0 Å². The van der Waals surface area contributed by atoms with Crippen molar-refractivity contribution >= 4 is 28.6 Å². The number of amides is 1. The molecule has 5 nitrogen and oxygen atoms in total. The molecule has 0 radical (unpaired) electrons. The molecule has 1 aliphatic heterocycles. The van der Waals surface area contributed by atoms with E-state index in [4.69, 9.17) is 4.42 Å². The fourth-order valence-electron chi connectivity index (χ4n) is 2.78. The third kappa shape index (κ3) is 3.05. The van der Waals surface area contributed by atoms with Crippen LogP contribution in [0.5, 0.6) is 0 Å². The van der Waals surface area contributed by atoms with Gasteiger partial charge in [-0.25, -0.2) is 4.98 Å². The van der Waals surface area contributed by atoms with E-state index >= 15 is 0 Å². The van der Waals surface area contributed by atoms with E-state index in [1.165, 1.54) is 0 Å². The van der Waals surface area contributed by atoms with Crippen molar-refractivity contribution in [1.29, 1.82) is 0 Å². The van der Waals surface area contributed by atoms with Gasteiger partial charge in [-0.05, 0) is 42.1 Å². The molecule has 1 aromatic carbocycles. The molecular formula is C18H17N3O2S. The van der Waals surface area contributed by atoms with Crippen molar-refractivity contribution in [2.75, 3.05) is 16.8 Å². The zero-order chi connectivity index (χ0) is 16.4. The summed E-state index contributed by atoms with van der Waals surface area (Å²) in [7, 11) is 0. The minimum atomic E-state index is 0.205. The predicted molar refractivity (Wildman–Crippen MR) is 95.2 cm³/mol. The van der Waals surface area contributed by atoms with Gasteiger partial charge in [-0.1, -0.05) is 6.07 Å². The van der Waals surface area contributed by atoms with Crippen LogP contribution in [-0.4, -0.2) is 17.4 Å². The standard InChI is InChI=1S/C18H17N3O2S/c22-18-4-1-9-21(18)14-7-5-13(6-8-14)19-12-17-20-11-15(23-17)16-3-2-10-24-16/h2-3,5-8,10-11,19H,1,4,9,12H2. The maximum absolute atomic E-state index is 11.8. The Hall–Kier alpha value is -2.60. The Morgan fingerprint density at radius 1 is 1.25 bits per heavy atom. The Kier molecular flexibility index (Phi) is 4.04. The summed E-state index contributed by atoms with van der Waals surface area (Å²) in [5.74, 6) is 1.65. The minimum Gasteiger partial charge on any atom is -0.438 e. The monoisotopic (exact) mass is 339 g/mol. The number of nitrogens with one attached hydrogen (secondary N) is 1. The Morgan fingerprint density at radius 2 is 2.12 bits per heavy atom. The lowest BCUT2D eigenvalue weighted by Crippen LogP contribution is -2.23. The second-order valence-electron chi connectivity index (χ2n) is 5.64. The molecule has 1 fully saturated rings. The third-order valence-electron chi connectivity index (χ3n) is 4.01. The van der Waals surface area contributed by atoms with Crippen molar-refractivity contribution in [1.82, 2.24) is 4.98 Å². The maximum Gasteiger partial charge on any atom is 0.227 e. The first-order valence-electron chi connectivity index (χ1n) is 7.92. The summed E-state index contributed by atoms with van der Waals surface area (Å²) in [6, 6.07) is 11.9. The van der Waals surface area contributed by atoms with Gasteiger partial charge in [-0.15, -0.1) is 11.3 Å². The van der Waals surface area contributed by atoms with E-state index in [9.17, 15) is 4.79 Å². The summed E-state index contributed by atoms with van der Waals surface area (Å²) in [5, 5.41) is 5.31. The van der Waals surface area contributed by atoms with Crippen LogP contribution in [0.15, 0.2) is 52.4 Å². The van der Waals surface area contributed by atoms with Crippen LogP contribution < -0.4 is 10.2 Å². The zero-order valence-electron chi connectivity index (χ0n) is 13.1. The molecule has 0 unspecified atom stereocenters. The number of aromatic nitrogens is 1. The summed E-state index contributed by atoms with van der Waals surface area (Å²) >= 11 is 1.63. The average Bonchev–Trinajstić information content (AvgIpc) is 3.35. The highest BCUT2D eigenvalue weighted by molar-refractivity contribution is 7.13. The molecule has 0 bridgehead atoms. The maximum atomic E-state index is 11.8. The van der Waals surface area contributed by atoms with Crippen LogP contribution >= 0.6 is 11.3 Å². The number of hydrogen-bond donors (Lipinski definition) is 1. The molecule has 1 aliphatic rings. The van der Waals surface area contributed by atoms with Crippen LogP contribution in [0.1, 0.15) is 18.7 Å². The second kappa shape index (κ2) is 6.49. The number of carbonyl (C=O) groups excluding carboxylic acids is 1. The Bertz CT molecular complexity index is 824. The smallest absolute Gasteiger partial charge is 0.227 e. The van der Waals surface area contributed by atoms with E-state index in [0.717, 1.165) is 35.0 Å². The quantitative estimate of drug-likeness (QED) is 0.759. The van der Waals surface area contributed by atoms with Gasteiger partial charge in [0.05, 0.1) is 17.6 Å². The molecule has 4 rings (SSSR count). The van der Waals surface area contributed by atoms with Gasteiger partial charge in [0.1, 0.15) is 0 Å². The van der Waals surface area contributed by atoms with Gasteiger partial charge in [0.25, 0.3) is 0 Å². The molecule has 3 heterocycles. The van der Waals surface area contributed by atoms with Gasteiger partial charge in [-0.3, -0.25) is 4.79 Å². The molecular weight excluding hydrogens is 322 g/mol. The highest BCUT2D eigenvalue weighted by atomic mass is 32.1. The van der Waals surface area contributed by atoms with Crippen molar-refractivity contribution in [2.24, 2.45) is 0 Å². The van der Waals surface area contributed by atoms with Gasteiger partial charge < -0.3 is 14.6 Å². The number of benzene rings is 1. The first kappa shape index (κ1) is 15.0. The summed E-state index contributed by atoms with van der Waals surface area (Å²) in [5.41, 5.74) is 1.93. The number of carbonyl (C=O) groups is 1. The van der Waals surface area contributed by atoms with Gasteiger partial charge in [0.2, 0.25) is 11.8 Å². The van der Waals surface area contributed by atoms with E-state index < -0.39 is 0 Å². The molecule has 1 saturated heterocycles. The van der Waals surface area contributed by atoms with Crippen molar-refractivity contribution in [2.45, 2.75) is 19.4 Å². The lowest BCUT2D eigenvalue weighted by Gasteiger charge is -2.16. The topological polar surface area (TPSA) is 58.4 Å². The van der Waals surface area contributed by atoms with Crippen LogP contribution in [0.3, 0.4) is 0 Å². The Morgan fingerprint density at radius 3 is 2.83 bits per heavy atom. The largest absolute Gasteiger partial charge is 0.438 e. The van der Waals surface area contributed by atoms with E-state index in [2.05, 4.69) is 10.3 Å². The molecule has 0 saturated carbocycles. The molecule has 6 heteroatoms. The van der Waals surface area contributed by atoms with Crippen LogP contribution in [0.25, 0.3) is 10.6 Å². The van der Waals surface area contributed by atoms with E-state index in [1.807, 2.05) is 46.7 Å². The van der Waals surface area contributed by atoms with Gasteiger partial charge in [-0.2, -0.15) is 0 Å². The van der Waals surface area contributed by atoms with Crippen molar-refractivity contribution in [3.8, 4) is 10.6 Å². The minimum absolute atomic E-state index is 0.205. The number of anilines is 2. The van der Waals surface area contributed by atoms with E-state index in [0.29, 0.717) is 18.9 Å². The third-order valence-corrected chi connectivity index (χ3v) is 4.90. The first-order valence-corrected chi connectivity index (χ1v) is 8.80. The molecule has 2 aromatic heterocycles. The van der Waals surface area contributed by atoms with Gasteiger partial charge >= 0.3 is 0 Å². The fraction of sp³-hybridized carbons (Fsp3) is 0.222. The van der Waals surface area contributed by atoms with Gasteiger partial charge in [0.15, 0.2) is 5.76 Å². The summed E-state index contributed by atoms with van der Waals surface area (Å²) < 4.78 is 5.75. The lowest BCUT2D eigenvalue weighted by molar-refractivity contribution is -0.117. The van der Waals surface area contributed by atoms with Crippen LogP contribution in [0.2, 0.25) is 0 Å². The van der Waals surface area contributed by atoms with Crippen LogP contribution in [-0.2, 0) is 11.3 Å². The second-order valence-corrected chi connectivity index (χ2v) is 6.59. The highest BCUT2D eigenvalue weighted by Crippen LogP contribution is 2.26. The molecule has 122 valence electrons. The number of nitrogens with zero attached hydrogens (tertiary/aromatic N) is 2. The van der Waals surface area contributed by atoms with Crippen molar-refractivity contribution < 1.29 is 9.21 Å². The van der Waals surface area contributed by atoms with E-state index in [-0.39, 0.29) is 5.91 Å². The fourth-order valence-corrected chi connectivity index (χ4v) is 3.45.